The maximum absolute atomic E-state index is 11.6. The molecule has 0 bridgehead atoms. The molecule has 0 heterocycles. The molecule has 0 spiro atoms. The molecular formula is C20H18O3. The first kappa shape index (κ1) is 15.1. The van der Waals surface area contributed by atoms with E-state index >= 15 is 0 Å². The molecule has 0 saturated heterocycles. The minimum Gasteiger partial charge on any atom is -0.497 e. The SMILES string of the molecule is COc1ccc(C(OC(C)=O)c2cccc3ccccc23)cc1. The molecule has 0 radical (unpaired) electrons. The fourth-order valence-corrected chi connectivity index (χ4v) is 2.73. The standard InChI is InChI=1S/C20H18O3/c1-14(21)23-20(16-10-12-17(22-2)13-11-16)19-9-5-7-15-6-3-4-8-18(15)19/h3-13,20H,1-2H3. The van der Waals surface area contributed by atoms with Gasteiger partial charge in [0, 0.05) is 12.5 Å². The summed E-state index contributed by atoms with van der Waals surface area (Å²) in [5.41, 5.74) is 1.89. The van der Waals surface area contributed by atoms with Crippen LogP contribution in [0.15, 0.2) is 66.7 Å². The molecule has 3 aromatic rings. The number of benzene rings is 3. The molecular weight excluding hydrogens is 288 g/mol. The van der Waals surface area contributed by atoms with Crippen LogP contribution in [-0.2, 0) is 9.53 Å². The highest BCUT2D eigenvalue weighted by Gasteiger charge is 2.19. The zero-order chi connectivity index (χ0) is 16.2. The molecule has 116 valence electrons. The summed E-state index contributed by atoms with van der Waals surface area (Å²) in [5.74, 6) is 0.465. The van der Waals surface area contributed by atoms with Crippen LogP contribution in [0.25, 0.3) is 10.8 Å². The van der Waals surface area contributed by atoms with Gasteiger partial charge in [-0.2, -0.15) is 0 Å². The first-order chi connectivity index (χ1) is 11.2. The van der Waals surface area contributed by atoms with E-state index in [1.807, 2.05) is 54.6 Å². The van der Waals surface area contributed by atoms with Crippen LogP contribution >= 0.6 is 0 Å². The van der Waals surface area contributed by atoms with Crippen molar-refractivity contribution >= 4 is 16.7 Å². The van der Waals surface area contributed by atoms with Crippen LogP contribution < -0.4 is 4.74 Å². The average Bonchev–Trinajstić information content (AvgIpc) is 2.59. The van der Waals surface area contributed by atoms with Gasteiger partial charge in [0.1, 0.15) is 5.75 Å². The van der Waals surface area contributed by atoms with Crippen molar-refractivity contribution in [1.82, 2.24) is 0 Å². The minimum absolute atomic E-state index is 0.307. The average molecular weight is 306 g/mol. The predicted molar refractivity (Wildman–Crippen MR) is 90.6 cm³/mol. The molecule has 0 aliphatic carbocycles. The predicted octanol–water partition coefficient (Wildman–Crippen LogP) is 4.50. The summed E-state index contributed by atoms with van der Waals surface area (Å²) in [6.07, 6.45) is -0.440. The maximum atomic E-state index is 11.6. The van der Waals surface area contributed by atoms with Crippen molar-refractivity contribution in [2.45, 2.75) is 13.0 Å². The Balaban J connectivity index is 2.12. The summed E-state index contributed by atoms with van der Waals surface area (Å²) in [5, 5.41) is 2.20. The summed E-state index contributed by atoms with van der Waals surface area (Å²) in [6, 6.07) is 21.7. The van der Waals surface area contributed by atoms with E-state index in [1.54, 1.807) is 7.11 Å². The van der Waals surface area contributed by atoms with Gasteiger partial charge in [-0.1, -0.05) is 54.6 Å². The number of methoxy groups -OCH3 is 1. The molecule has 3 aromatic carbocycles. The van der Waals surface area contributed by atoms with Crippen molar-refractivity contribution in [2.75, 3.05) is 7.11 Å². The summed E-state index contributed by atoms with van der Waals surface area (Å²) in [6.45, 7) is 1.43. The zero-order valence-corrected chi connectivity index (χ0v) is 13.2. The number of carbonyl (C=O) groups excluding carboxylic acids is 1. The van der Waals surface area contributed by atoms with Gasteiger partial charge in [0.15, 0.2) is 6.10 Å². The summed E-state index contributed by atoms with van der Waals surface area (Å²) in [7, 11) is 1.63. The lowest BCUT2D eigenvalue weighted by Gasteiger charge is -2.20. The third-order valence-electron chi connectivity index (χ3n) is 3.81. The lowest BCUT2D eigenvalue weighted by Crippen LogP contribution is -2.10. The van der Waals surface area contributed by atoms with E-state index in [9.17, 15) is 4.79 Å². The topological polar surface area (TPSA) is 35.5 Å². The Hall–Kier alpha value is -2.81. The lowest BCUT2D eigenvalue weighted by atomic mass is 9.95. The van der Waals surface area contributed by atoms with Gasteiger partial charge < -0.3 is 9.47 Å². The fourth-order valence-electron chi connectivity index (χ4n) is 2.73. The van der Waals surface area contributed by atoms with E-state index < -0.39 is 6.10 Å². The Morgan fingerprint density at radius 1 is 0.913 bits per heavy atom. The first-order valence-electron chi connectivity index (χ1n) is 7.48. The quantitative estimate of drug-likeness (QED) is 0.666. The van der Waals surface area contributed by atoms with Crippen molar-refractivity contribution in [1.29, 1.82) is 0 Å². The number of ether oxygens (including phenoxy) is 2. The smallest absolute Gasteiger partial charge is 0.303 e. The molecule has 0 aliphatic heterocycles. The Labute approximate surface area is 135 Å². The molecule has 0 amide bonds. The van der Waals surface area contributed by atoms with Crippen molar-refractivity contribution in [2.24, 2.45) is 0 Å². The van der Waals surface area contributed by atoms with E-state index in [0.29, 0.717) is 0 Å². The summed E-state index contributed by atoms with van der Waals surface area (Å²) < 4.78 is 10.8. The maximum Gasteiger partial charge on any atom is 0.303 e. The van der Waals surface area contributed by atoms with Gasteiger partial charge in [-0.15, -0.1) is 0 Å². The lowest BCUT2D eigenvalue weighted by molar-refractivity contribution is -0.144. The third kappa shape index (κ3) is 3.19. The van der Waals surface area contributed by atoms with Crippen LogP contribution in [-0.4, -0.2) is 13.1 Å². The Morgan fingerprint density at radius 3 is 2.30 bits per heavy atom. The van der Waals surface area contributed by atoms with Crippen LogP contribution in [0.3, 0.4) is 0 Å². The Morgan fingerprint density at radius 2 is 1.61 bits per heavy atom. The number of fused-ring (bicyclic) bond motifs is 1. The second-order valence-corrected chi connectivity index (χ2v) is 5.33. The first-order valence-corrected chi connectivity index (χ1v) is 7.48. The number of hydrogen-bond acceptors (Lipinski definition) is 3. The molecule has 0 aromatic heterocycles. The van der Waals surface area contributed by atoms with E-state index in [2.05, 4.69) is 12.1 Å². The van der Waals surface area contributed by atoms with Crippen LogP contribution in [0, 0.1) is 0 Å². The summed E-state index contributed by atoms with van der Waals surface area (Å²) in [4.78, 5) is 11.6. The number of hydrogen-bond donors (Lipinski definition) is 0. The van der Waals surface area contributed by atoms with Crippen molar-refractivity contribution in [3.05, 3.63) is 77.9 Å². The van der Waals surface area contributed by atoms with Crippen LogP contribution in [0.4, 0.5) is 0 Å². The third-order valence-corrected chi connectivity index (χ3v) is 3.81. The van der Waals surface area contributed by atoms with Gasteiger partial charge in [0.25, 0.3) is 0 Å². The molecule has 23 heavy (non-hydrogen) atoms. The molecule has 3 heteroatoms. The van der Waals surface area contributed by atoms with Crippen LogP contribution in [0.5, 0.6) is 5.75 Å². The van der Waals surface area contributed by atoms with Gasteiger partial charge in [-0.05, 0) is 28.5 Å². The number of esters is 1. The molecule has 1 unspecified atom stereocenters. The van der Waals surface area contributed by atoms with Gasteiger partial charge in [0.2, 0.25) is 0 Å². The van der Waals surface area contributed by atoms with Crippen LogP contribution in [0.2, 0.25) is 0 Å². The molecule has 0 aliphatic rings. The number of carbonyl (C=O) groups is 1. The zero-order valence-electron chi connectivity index (χ0n) is 13.2. The second-order valence-electron chi connectivity index (χ2n) is 5.33. The summed E-state index contributed by atoms with van der Waals surface area (Å²) >= 11 is 0. The van der Waals surface area contributed by atoms with Crippen molar-refractivity contribution in [3.63, 3.8) is 0 Å². The Kier molecular flexibility index (Phi) is 4.29. The minimum atomic E-state index is -0.440. The van der Waals surface area contributed by atoms with Gasteiger partial charge in [-0.25, -0.2) is 0 Å². The highest BCUT2D eigenvalue weighted by Crippen LogP contribution is 2.32. The van der Waals surface area contributed by atoms with Gasteiger partial charge in [-0.3, -0.25) is 4.79 Å². The highest BCUT2D eigenvalue weighted by atomic mass is 16.5. The van der Waals surface area contributed by atoms with Crippen molar-refractivity contribution < 1.29 is 14.3 Å². The van der Waals surface area contributed by atoms with E-state index in [1.165, 1.54) is 6.92 Å². The van der Waals surface area contributed by atoms with Crippen molar-refractivity contribution in [3.8, 4) is 5.75 Å². The number of rotatable bonds is 4. The molecule has 0 fully saturated rings. The highest BCUT2D eigenvalue weighted by molar-refractivity contribution is 5.86. The van der Waals surface area contributed by atoms with E-state index in [0.717, 1.165) is 27.6 Å². The largest absolute Gasteiger partial charge is 0.497 e. The molecule has 3 rings (SSSR count). The molecule has 1 atom stereocenters. The Bertz CT molecular complexity index is 816. The normalized spacial score (nSPS) is 11.9. The fraction of sp³-hybridized carbons (Fsp3) is 0.150. The van der Waals surface area contributed by atoms with E-state index in [-0.39, 0.29) is 5.97 Å². The molecule has 3 nitrogen and oxygen atoms in total. The molecule has 0 saturated carbocycles. The van der Waals surface area contributed by atoms with E-state index in [4.69, 9.17) is 9.47 Å². The monoisotopic (exact) mass is 306 g/mol. The molecule has 0 N–H and O–H groups in total. The van der Waals surface area contributed by atoms with Gasteiger partial charge in [0.05, 0.1) is 7.11 Å². The van der Waals surface area contributed by atoms with Gasteiger partial charge >= 0.3 is 5.97 Å². The second kappa shape index (κ2) is 6.53. The van der Waals surface area contributed by atoms with Crippen LogP contribution in [0.1, 0.15) is 24.2 Å².